The van der Waals surface area contributed by atoms with Crippen LogP contribution in [0.25, 0.3) is 0 Å². The van der Waals surface area contributed by atoms with Gasteiger partial charge in [-0.2, -0.15) is 0 Å². The van der Waals surface area contributed by atoms with Crippen molar-refractivity contribution in [3.8, 4) is 0 Å². The molecule has 9 heteroatoms. The molecule has 0 spiro atoms. The van der Waals surface area contributed by atoms with Gasteiger partial charge in [-0.25, -0.2) is 4.79 Å². The van der Waals surface area contributed by atoms with Crippen LogP contribution in [-0.4, -0.2) is 77.9 Å². The molecule has 1 rings (SSSR count). The molecule has 20 heavy (non-hydrogen) atoms. The van der Waals surface area contributed by atoms with E-state index in [9.17, 15) is 15.0 Å². The maximum Gasteiger partial charge on any atom is 0.409 e. The number of rotatable bonds is 3. The molecule has 0 aromatic heterocycles. The van der Waals surface area contributed by atoms with Crippen molar-refractivity contribution in [3.63, 3.8) is 0 Å². The Hall–Kier alpha value is -1.03. The number of nitrogens with zero attached hydrogens (tertiary/aromatic N) is 2. The Kier molecular flexibility index (Phi) is 6.53. The number of thioether (sulfide) groups is 1. The lowest BCUT2D eigenvalue weighted by Crippen LogP contribution is -2.50. The molecule has 8 nitrogen and oxygen atoms in total. The fraction of sp³-hybridized carbons (Fsp3) is 0.818. The van der Waals surface area contributed by atoms with Crippen molar-refractivity contribution in [3.05, 3.63) is 0 Å². The van der Waals surface area contributed by atoms with Gasteiger partial charge in [0.05, 0.1) is 6.10 Å². The van der Waals surface area contributed by atoms with Crippen molar-refractivity contribution in [1.29, 1.82) is 0 Å². The summed E-state index contributed by atoms with van der Waals surface area (Å²) in [4.78, 5) is 16.4. The summed E-state index contributed by atoms with van der Waals surface area (Å²) in [5.74, 6) is 0. The zero-order valence-corrected chi connectivity index (χ0v) is 12.5. The number of aliphatic imine (C=N–C) groups is 1. The van der Waals surface area contributed by atoms with E-state index in [0.717, 1.165) is 11.8 Å². The zero-order chi connectivity index (χ0) is 15.3. The highest BCUT2D eigenvalue weighted by Crippen LogP contribution is 2.28. The normalized spacial score (nSPS) is 30.9. The molecule has 1 fully saturated rings. The van der Waals surface area contributed by atoms with E-state index in [1.54, 1.807) is 21.1 Å². The van der Waals surface area contributed by atoms with Gasteiger partial charge in [0.1, 0.15) is 24.3 Å². The van der Waals surface area contributed by atoms with Crippen LogP contribution in [-0.2, 0) is 9.47 Å². The molecule has 0 bridgehead atoms. The standard InChI is InChI=1S/C11H21N3O5S/c1-13-10(12)20-8-4-6(15)9(16)7(19-8)5-18-11(17)14(2)3/h6-9,15-16H,4-5H2,1-3H3,(H2,12,13)/t6-,7-,8-,9+/m1/s1. The Morgan fingerprint density at radius 2 is 2.20 bits per heavy atom. The van der Waals surface area contributed by atoms with E-state index in [4.69, 9.17) is 15.2 Å². The second kappa shape index (κ2) is 7.67. The number of ether oxygens (including phenoxy) is 2. The highest BCUT2D eigenvalue weighted by molar-refractivity contribution is 8.14. The third-order valence-corrected chi connectivity index (χ3v) is 3.73. The molecular formula is C11H21N3O5S. The molecule has 0 aliphatic carbocycles. The summed E-state index contributed by atoms with van der Waals surface area (Å²) in [6.07, 6.45) is -3.19. The number of carbonyl (C=O) groups is 1. The Morgan fingerprint density at radius 3 is 2.75 bits per heavy atom. The summed E-state index contributed by atoms with van der Waals surface area (Å²) in [5, 5.41) is 20.0. The fourth-order valence-electron chi connectivity index (χ4n) is 1.60. The Balaban J connectivity index is 2.57. The van der Waals surface area contributed by atoms with Gasteiger partial charge in [0.2, 0.25) is 0 Å². The van der Waals surface area contributed by atoms with Gasteiger partial charge in [0.15, 0.2) is 5.17 Å². The SMILES string of the molecule is CN=C(N)S[C@@H]1C[C@@H](O)[C@H](O)[C@@H](COC(=O)N(C)C)O1. The first-order valence-corrected chi connectivity index (χ1v) is 6.97. The molecule has 116 valence electrons. The molecule has 4 N–H and O–H groups in total. The maximum absolute atomic E-state index is 11.3. The second-order valence-electron chi connectivity index (χ2n) is 4.55. The molecule has 4 atom stereocenters. The molecule has 1 aliphatic rings. The summed E-state index contributed by atoms with van der Waals surface area (Å²) in [5.41, 5.74) is 5.14. The van der Waals surface area contributed by atoms with E-state index < -0.39 is 29.8 Å². The third-order valence-electron chi connectivity index (χ3n) is 2.74. The monoisotopic (exact) mass is 307 g/mol. The first kappa shape index (κ1) is 17.0. The molecule has 1 aliphatic heterocycles. The lowest BCUT2D eigenvalue weighted by molar-refractivity contribution is -0.157. The lowest BCUT2D eigenvalue weighted by Gasteiger charge is -2.36. The Labute approximate surface area is 121 Å². The predicted molar refractivity (Wildman–Crippen MR) is 75.5 cm³/mol. The summed E-state index contributed by atoms with van der Waals surface area (Å²) < 4.78 is 10.5. The third kappa shape index (κ3) is 4.82. The van der Waals surface area contributed by atoms with Crippen LogP contribution in [0.15, 0.2) is 4.99 Å². The van der Waals surface area contributed by atoms with Gasteiger partial charge >= 0.3 is 6.09 Å². The van der Waals surface area contributed by atoms with Gasteiger partial charge in [-0.15, -0.1) is 0 Å². The molecule has 1 saturated heterocycles. The summed E-state index contributed by atoms with van der Waals surface area (Å²) in [7, 11) is 4.64. The number of aliphatic hydroxyl groups excluding tert-OH is 2. The first-order valence-electron chi connectivity index (χ1n) is 6.09. The van der Waals surface area contributed by atoms with Crippen LogP contribution in [0.1, 0.15) is 6.42 Å². The number of amides is 1. The predicted octanol–water partition coefficient (Wildman–Crippen LogP) is -0.801. The smallest absolute Gasteiger partial charge is 0.409 e. The van der Waals surface area contributed by atoms with Gasteiger partial charge in [-0.1, -0.05) is 11.8 Å². The molecule has 1 heterocycles. The number of carbonyl (C=O) groups excluding carboxylic acids is 1. The van der Waals surface area contributed by atoms with E-state index in [1.807, 2.05) is 0 Å². The number of aliphatic hydroxyl groups is 2. The van der Waals surface area contributed by atoms with Gasteiger partial charge in [-0.3, -0.25) is 4.99 Å². The van der Waals surface area contributed by atoms with E-state index in [-0.39, 0.29) is 13.0 Å². The van der Waals surface area contributed by atoms with Crippen LogP contribution in [0, 0.1) is 0 Å². The van der Waals surface area contributed by atoms with Crippen molar-refractivity contribution < 1.29 is 24.5 Å². The number of hydrogen-bond donors (Lipinski definition) is 3. The highest BCUT2D eigenvalue weighted by Gasteiger charge is 2.38. The van der Waals surface area contributed by atoms with Crippen molar-refractivity contribution in [2.45, 2.75) is 30.2 Å². The largest absolute Gasteiger partial charge is 0.447 e. The summed E-state index contributed by atoms with van der Waals surface area (Å²) >= 11 is 1.15. The summed E-state index contributed by atoms with van der Waals surface area (Å²) in [6, 6.07) is 0. The molecule has 1 amide bonds. The van der Waals surface area contributed by atoms with Crippen LogP contribution in [0.5, 0.6) is 0 Å². The average molecular weight is 307 g/mol. The minimum Gasteiger partial charge on any atom is -0.447 e. The van der Waals surface area contributed by atoms with E-state index in [2.05, 4.69) is 4.99 Å². The van der Waals surface area contributed by atoms with Gasteiger partial charge < -0.3 is 30.3 Å². The van der Waals surface area contributed by atoms with E-state index in [0.29, 0.717) is 5.17 Å². The van der Waals surface area contributed by atoms with E-state index >= 15 is 0 Å². The van der Waals surface area contributed by atoms with Crippen LogP contribution >= 0.6 is 11.8 Å². The van der Waals surface area contributed by atoms with Crippen molar-refractivity contribution in [2.75, 3.05) is 27.7 Å². The van der Waals surface area contributed by atoms with Crippen LogP contribution in [0.2, 0.25) is 0 Å². The van der Waals surface area contributed by atoms with E-state index in [1.165, 1.54) is 4.90 Å². The topological polar surface area (TPSA) is 118 Å². The first-order chi connectivity index (χ1) is 9.35. The molecular weight excluding hydrogens is 286 g/mol. The van der Waals surface area contributed by atoms with Crippen molar-refractivity contribution in [2.24, 2.45) is 10.7 Å². The number of hydrogen-bond acceptors (Lipinski definition) is 7. The van der Waals surface area contributed by atoms with Crippen LogP contribution in [0.4, 0.5) is 4.79 Å². The molecule has 0 aromatic rings. The van der Waals surface area contributed by atoms with Crippen molar-refractivity contribution in [1.82, 2.24) is 4.90 Å². The van der Waals surface area contributed by atoms with Gasteiger partial charge in [0, 0.05) is 27.6 Å². The quantitative estimate of drug-likeness (QED) is 0.461. The van der Waals surface area contributed by atoms with Crippen LogP contribution < -0.4 is 5.73 Å². The lowest BCUT2D eigenvalue weighted by atomic mass is 10.0. The zero-order valence-electron chi connectivity index (χ0n) is 11.7. The summed E-state index contributed by atoms with van der Waals surface area (Å²) in [6.45, 7) is -0.143. The fourth-order valence-corrected chi connectivity index (χ4v) is 2.47. The van der Waals surface area contributed by atoms with Gasteiger partial charge in [0.25, 0.3) is 0 Å². The second-order valence-corrected chi connectivity index (χ2v) is 5.73. The molecule has 0 aromatic carbocycles. The molecule has 0 radical (unpaired) electrons. The molecule has 0 saturated carbocycles. The minimum atomic E-state index is -1.11. The van der Waals surface area contributed by atoms with Crippen LogP contribution in [0.3, 0.4) is 0 Å². The number of nitrogens with two attached hydrogens (primary N) is 1. The van der Waals surface area contributed by atoms with Crippen molar-refractivity contribution >= 4 is 23.0 Å². The Bertz CT molecular complexity index is 366. The van der Waals surface area contributed by atoms with Gasteiger partial charge in [-0.05, 0) is 0 Å². The number of amidine groups is 1. The highest BCUT2D eigenvalue weighted by atomic mass is 32.2. The average Bonchev–Trinajstić information content (AvgIpc) is 2.40. The maximum atomic E-state index is 11.3. The minimum absolute atomic E-state index is 0.143. The molecule has 0 unspecified atom stereocenters. The Morgan fingerprint density at radius 1 is 1.55 bits per heavy atom.